The molecule has 126 valence electrons. The molecule has 1 heterocycles. The maximum absolute atomic E-state index is 13.5. The smallest absolute Gasteiger partial charge is 0.325 e. The fourth-order valence-corrected chi connectivity index (χ4v) is 3.60. The topological polar surface area (TPSA) is 74.8 Å². The van der Waals surface area contributed by atoms with Gasteiger partial charge in [-0.05, 0) is 50.3 Å². The van der Waals surface area contributed by atoms with E-state index in [1.807, 2.05) is 0 Å². The van der Waals surface area contributed by atoms with Crippen LogP contribution in [-0.2, 0) is 17.6 Å². The van der Waals surface area contributed by atoms with Crippen molar-refractivity contribution in [3.8, 4) is 0 Å². The summed E-state index contributed by atoms with van der Waals surface area (Å²) >= 11 is 1.25. The Kier molecular flexibility index (Phi) is 4.99. The Morgan fingerprint density at radius 3 is 2.96 bits per heavy atom. The first-order valence-corrected chi connectivity index (χ1v) is 8.82. The number of halogens is 1. The molecule has 0 atom stereocenters. The Morgan fingerprint density at radius 1 is 1.38 bits per heavy atom. The number of anilines is 1. The van der Waals surface area contributed by atoms with Gasteiger partial charge in [0.05, 0.1) is 5.75 Å². The zero-order valence-corrected chi connectivity index (χ0v) is 14.1. The second kappa shape index (κ2) is 7.17. The SMILES string of the molecule is Cc1ccc(NC(=O)CSc2nc(=O)[nH]c3c2CCCC3)cc1F. The molecule has 0 spiro atoms. The summed E-state index contributed by atoms with van der Waals surface area (Å²) < 4.78 is 13.5. The van der Waals surface area contributed by atoms with Crippen molar-refractivity contribution in [1.29, 1.82) is 0 Å². The van der Waals surface area contributed by atoms with Crippen LogP contribution in [0.25, 0.3) is 0 Å². The number of carbonyl (C=O) groups excluding carboxylic acids is 1. The lowest BCUT2D eigenvalue weighted by Gasteiger charge is -2.17. The molecule has 24 heavy (non-hydrogen) atoms. The number of aromatic nitrogens is 2. The van der Waals surface area contributed by atoms with Crippen LogP contribution in [0, 0.1) is 12.7 Å². The molecule has 1 aliphatic carbocycles. The lowest BCUT2D eigenvalue weighted by atomic mass is 9.98. The highest BCUT2D eigenvalue weighted by atomic mass is 32.2. The Bertz CT molecular complexity index is 835. The molecule has 2 N–H and O–H groups in total. The van der Waals surface area contributed by atoms with Crippen LogP contribution in [0.5, 0.6) is 0 Å². The number of thioether (sulfide) groups is 1. The number of nitrogens with one attached hydrogen (secondary N) is 2. The van der Waals surface area contributed by atoms with E-state index in [2.05, 4.69) is 15.3 Å². The van der Waals surface area contributed by atoms with Gasteiger partial charge in [0.2, 0.25) is 5.91 Å². The number of aryl methyl sites for hydroxylation is 2. The molecule has 1 aromatic heterocycles. The van der Waals surface area contributed by atoms with Gasteiger partial charge in [-0.2, -0.15) is 4.98 Å². The van der Waals surface area contributed by atoms with Crippen molar-refractivity contribution in [1.82, 2.24) is 9.97 Å². The van der Waals surface area contributed by atoms with E-state index in [-0.39, 0.29) is 23.2 Å². The van der Waals surface area contributed by atoms with Gasteiger partial charge in [0.25, 0.3) is 0 Å². The van der Waals surface area contributed by atoms with Crippen LogP contribution in [0.2, 0.25) is 0 Å². The third kappa shape index (κ3) is 3.84. The van der Waals surface area contributed by atoms with E-state index in [0.717, 1.165) is 36.9 Å². The number of fused-ring (bicyclic) bond motifs is 1. The summed E-state index contributed by atoms with van der Waals surface area (Å²) in [4.78, 5) is 30.5. The summed E-state index contributed by atoms with van der Waals surface area (Å²) in [5.41, 5.74) is 2.55. The van der Waals surface area contributed by atoms with Crippen LogP contribution in [0.15, 0.2) is 28.0 Å². The van der Waals surface area contributed by atoms with Gasteiger partial charge in [-0.25, -0.2) is 9.18 Å². The van der Waals surface area contributed by atoms with Crippen molar-refractivity contribution in [3.05, 3.63) is 51.3 Å². The third-order valence-electron chi connectivity index (χ3n) is 3.98. The predicted molar refractivity (Wildman–Crippen MR) is 92.0 cm³/mol. The Balaban J connectivity index is 1.67. The quantitative estimate of drug-likeness (QED) is 0.659. The number of H-pyrrole nitrogens is 1. The molecular formula is C17H18FN3O2S. The highest BCUT2D eigenvalue weighted by Crippen LogP contribution is 2.27. The van der Waals surface area contributed by atoms with Gasteiger partial charge >= 0.3 is 5.69 Å². The Hall–Kier alpha value is -2.15. The molecule has 7 heteroatoms. The molecule has 0 saturated heterocycles. The summed E-state index contributed by atoms with van der Waals surface area (Å²) in [5, 5.41) is 3.29. The van der Waals surface area contributed by atoms with Gasteiger partial charge < -0.3 is 10.3 Å². The minimum absolute atomic E-state index is 0.123. The molecular weight excluding hydrogens is 329 g/mol. The number of hydrogen-bond donors (Lipinski definition) is 2. The number of carbonyl (C=O) groups is 1. The maximum atomic E-state index is 13.5. The van der Waals surface area contributed by atoms with Gasteiger partial charge in [-0.3, -0.25) is 4.79 Å². The minimum Gasteiger partial charge on any atom is -0.325 e. The molecule has 1 amide bonds. The Labute approximate surface area is 143 Å². The fourth-order valence-electron chi connectivity index (χ4n) is 2.72. The van der Waals surface area contributed by atoms with Crippen molar-refractivity contribution >= 4 is 23.4 Å². The van der Waals surface area contributed by atoms with Crippen molar-refractivity contribution in [2.24, 2.45) is 0 Å². The van der Waals surface area contributed by atoms with Crippen LogP contribution < -0.4 is 11.0 Å². The second-order valence-electron chi connectivity index (χ2n) is 5.81. The predicted octanol–water partition coefficient (Wildman–Crippen LogP) is 2.83. The summed E-state index contributed by atoms with van der Waals surface area (Å²) in [7, 11) is 0. The van der Waals surface area contributed by atoms with Crippen molar-refractivity contribution < 1.29 is 9.18 Å². The largest absolute Gasteiger partial charge is 0.346 e. The molecule has 0 bridgehead atoms. The van der Waals surface area contributed by atoms with E-state index in [4.69, 9.17) is 0 Å². The number of amides is 1. The van der Waals surface area contributed by atoms with E-state index in [1.54, 1.807) is 19.1 Å². The van der Waals surface area contributed by atoms with Crippen LogP contribution in [0.3, 0.4) is 0 Å². The third-order valence-corrected chi connectivity index (χ3v) is 5.00. The molecule has 1 aromatic carbocycles. The first-order chi connectivity index (χ1) is 11.5. The number of rotatable bonds is 4. The molecule has 0 saturated carbocycles. The average molecular weight is 347 g/mol. The van der Waals surface area contributed by atoms with Gasteiger partial charge in [0.1, 0.15) is 10.8 Å². The highest BCUT2D eigenvalue weighted by molar-refractivity contribution is 8.00. The summed E-state index contributed by atoms with van der Waals surface area (Å²) in [6.07, 6.45) is 3.82. The van der Waals surface area contributed by atoms with Gasteiger partial charge in [0, 0.05) is 16.9 Å². The molecule has 0 aliphatic heterocycles. The van der Waals surface area contributed by atoms with Crippen LogP contribution in [-0.4, -0.2) is 21.6 Å². The first-order valence-electron chi connectivity index (χ1n) is 7.84. The lowest BCUT2D eigenvalue weighted by molar-refractivity contribution is -0.113. The molecule has 0 fully saturated rings. The molecule has 5 nitrogen and oxygen atoms in total. The molecule has 1 aliphatic rings. The van der Waals surface area contributed by atoms with Crippen LogP contribution >= 0.6 is 11.8 Å². The molecule has 0 radical (unpaired) electrons. The van der Waals surface area contributed by atoms with Crippen LogP contribution in [0.1, 0.15) is 29.7 Å². The Morgan fingerprint density at radius 2 is 2.17 bits per heavy atom. The zero-order chi connectivity index (χ0) is 17.1. The number of aromatic amines is 1. The first kappa shape index (κ1) is 16.7. The van der Waals surface area contributed by atoms with E-state index in [1.165, 1.54) is 17.8 Å². The highest BCUT2D eigenvalue weighted by Gasteiger charge is 2.17. The van der Waals surface area contributed by atoms with Gasteiger partial charge in [0.15, 0.2) is 0 Å². The van der Waals surface area contributed by atoms with Gasteiger partial charge in [-0.1, -0.05) is 17.8 Å². The van der Waals surface area contributed by atoms with Crippen molar-refractivity contribution in [2.75, 3.05) is 11.1 Å². The van der Waals surface area contributed by atoms with Crippen molar-refractivity contribution in [2.45, 2.75) is 37.6 Å². The monoisotopic (exact) mass is 347 g/mol. The van der Waals surface area contributed by atoms with Crippen molar-refractivity contribution in [3.63, 3.8) is 0 Å². The van der Waals surface area contributed by atoms with E-state index in [0.29, 0.717) is 16.3 Å². The zero-order valence-electron chi connectivity index (χ0n) is 13.3. The maximum Gasteiger partial charge on any atom is 0.346 e. The van der Waals surface area contributed by atoms with E-state index in [9.17, 15) is 14.0 Å². The summed E-state index contributed by atoms with van der Waals surface area (Å²) in [5.74, 6) is -0.487. The van der Waals surface area contributed by atoms with Crippen LogP contribution in [0.4, 0.5) is 10.1 Å². The lowest BCUT2D eigenvalue weighted by Crippen LogP contribution is -2.21. The van der Waals surface area contributed by atoms with E-state index < -0.39 is 0 Å². The van der Waals surface area contributed by atoms with E-state index >= 15 is 0 Å². The number of nitrogens with zero attached hydrogens (tertiary/aromatic N) is 1. The second-order valence-corrected chi connectivity index (χ2v) is 6.78. The summed E-state index contributed by atoms with van der Waals surface area (Å²) in [6, 6.07) is 4.58. The normalized spacial score (nSPS) is 13.4. The average Bonchev–Trinajstić information content (AvgIpc) is 2.56. The standard InChI is InChI=1S/C17H18FN3O2S/c1-10-6-7-11(8-13(10)18)19-15(22)9-24-16-12-4-2-3-5-14(12)20-17(23)21-16/h6-8H,2-5,9H2,1H3,(H,19,22)(H,20,21,23). The fraction of sp³-hybridized carbons (Fsp3) is 0.353. The number of benzene rings is 1. The van der Waals surface area contributed by atoms with Gasteiger partial charge in [-0.15, -0.1) is 0 Å². The summed E-state index contributed by atoms with van der Waals surface area (Å²) in [6.45, 7) is 1.67. The number of hydrogen-bond acceptors (Lipinski definition) is 4. The minimum atomic E-state index is -0.376. The molecule has 2 aromatic rings. The molecule has 0 unspecified atom stereocenters. The molecule has 3 rings (SSSR count).